The van der Waals surface area contributed by atoms with Gasteiger partial charge in [-0.3, -0.25) is 9.59 Å². The van der Waals surface area contributed by atoms with E-state index in [-0.39, 0.29) is 36.8 Å². The number of nitrogens with one attached hydrogen (secondary N) is 1. The number of nitrogens with zero attached hydrogens (tertiary/aromatic N) is 1. The lowest BCUT2D eigenvalue weighted by Gasteiger charge is -2.39. The Morgan fingerprint density at radius 3 is 2.45 bits per heavy atom. The highest BCUT2D eigenvalue weighted by molar-refractivity contribution is 5.95. The van der Waals surface area contributed by atoms with Crippen molar-refractivity contribution >= 4 is 11.8 Å². The van der Waals surface area contributed by atoms with Crippen molar-refractivity contribution in [3.8, 4) is 0 Å². The number of rotatable bonds is 5. The fourth-order valence-electron chi connectivity index (χ4n) is 4.36. The van der Waals surface area contributed by atoms with E-state index in [2.05, 4.69) is 5.32 Å². The summed E-state index contributed by atoms with van der Waals surface area (Å²) >= 11 is 0. The highest BCUT2D eigenvalue weighted by Gasteiger charge is 2.36. The first-order valence-corrected chi connectivity index (χ1v) is 11.1. The van der Waals surface area contributed by atoms with E-state index in [9.17, 15) is 18.4 Å². The molecule has 0 spiro atoms. The van der Waals surface area contributed by atoms with Crippen LogP contribution in [0.4, 0.5) is 8.78 Å². The van der Waals surface area contributed by atoms with Crippen LogP contribution in [0.25, 0.3) is 0 Å². The molecule has 1 aliphatic rings. The zero-order chi connectivity index (χ0) is 23.4. The van der Waals surface area contributed by atoms with Crippen LogP contribution < -0.4 is 5.32 Å². The largest absolute Gasteiger partial charge is 0.352 e. The van der Waals surface area contributed by atoms with Crippen LogP contribution in [0.3, 0.4) is 0 Å². The lowest BCUT2D eigenvalue weighted by molar-refractivity contribution is -0.127. The molecule has 2 atom stereocenters. The molecule has 0 aromatic heterocycles. The Bertz CT molecular complexity index is 1150. The summed E-state index contributed by atoms with van der Waals surface area (Å²) < 4.78 is 27.3. The molecule has 3 aromatic rings. The molecule has 3 aromatic carbocycles. The van der Waals surface area contributed by atoms with Crippen molar-refractivity contribution in [3.05, 3.63) is 107 Å². The van der Waals surface area contributed by atoms with Gasteiger partial charge in [-0.1, -0.05) is 48.0 Å². The van der Waals surface area contributed by atoms with Gasteiger partial charge < -0.3 is 10.2 Å². The molecule has 1 heterocycles. The van der Waals surface area contributed by atoms with Gasteiger partial charge in [-0.2, -0.15) is 0 Å². The third-order valence-corrected chi connectivity index (χ3v) is 6.14. The normalized spacial score (nSPS) is 18.1. The summed E-state index contributed by atoms with van der Waals surface area (Å²) in [6, 6.07) is 19.6. The second-order valence-corrected chi connectivity index (χ2v) is 8.48. The molecule has 4 rings (SSSR count). The summed E-state index contributed by atoms with van der Waals surface area (Å²) in [6.45, 7) is 2.32. The molecule has 0 unspecified atom stereocenters. The van der Waals surface area contributed by atoms with Gasteiger partial charge in [-0.15, -0.1) is 0 Å². The van der Waals surface area contributed by atoms with Crippen LogP contribution in [0.15, 0.2) is 72.8 Å². The third kappa shape index (κ3) is 5.28. The standard InChI is InChI=1S/C27H26F2N2O2/c1-18-5-4-7-20(15-18)25-14-11-22(26(32)30-16-21-6-2-3-8-24(21)29)17-31(25)27(33)19-9-12-23(28)13-10-19/h2-10,12-13,15,22,25H,11,14,16-17H2,1H3,(H,30,32)/t22-,25+/m0/s1. The number of benzene rings is 3. The first-order valence-electron chi connectivity index (χ1n) is 11.1. The van der Waals surface area contributed by atoms with Crippen LogP contribution in [-0.2, 0) is 11.3 Å². The number of hydrogen-bond donors (Lipinski definition) is 1. The first-order chi connectivity index (χ1) is 15.9. The van der Waals surface area contributed by atoms with E-state index in [0.29, 0.717) is 24.0 Å². The zero-order valence-corrected chi connectivity index (χ0v) is 18.4. The fourth-order valence-corrected chi connectivity index (χ4v) is 4.36. The number of likely N-dealkylation sites (tertiary alicyclic amines) is 1. The number of aryl methyl sites for hydroxylation is 1. The predicted molar refractivity (Wildman–Crippen MR) is 122 cm³/mol. The van der Waals surface area contributed by atoms with E-state index in [1.165, 1.54) is 30.3 Å². The maximum atomic E-state index is 13.9. The Kier molecular flexibility index (Phi) is 6.82. The van der Waals surface area contributed by atoms with E-state index in [4.69, 9.17) is 0 Å². The summed E-state index contributed by atoms with van der Waals surface area (Å²) in [5, 5.41) is 2.81. The topological polar surface area (TPSA) is 49.4 Å². The maximum absolute atomic E-state index is 13.9. The average Bonchev–Trinajstić information content (AvgIpc) is 2.83. The first kappa shape index (κ1) is 22.6. The molecule has 4 nitrogen and oxygen atoms in total. The quantitative estimate of drug-likeness (QED) is 0.585. The van der Waals surface area contributed by atoms with Crippen LogP contribution >= 0.6 is 0 Å². The lowest BCUT2D eigenvalue weighted by Crippen LogP contribution is -2.47. The summed E-state index contributed by atoms with van der Waals surface area (Å²) in [7, 11) is 0. The van der Waals surface area contributed by atoms with Crippen molar-refractivity contribution in [1.82, 2.24) is 10.2 Å². The monoisotopic (exact) mass is 448 g/mol. The number of amides is 2. The van der Waals surface area contributed by atoms with Gasteiger partial charge in [0.2, 0.25) is 5.91 Å². The SMILES string of the molecule is Cc1cccc([C@H]2CC[C@H](C(=O)NCc3ccccc3F)CN2C(=O)c2ccc(F)cc2)c1. The van der Waals surface area contributed by atoms with Gasteiger partial charge in [0.1, 0.15) is 11.6 Å². The van der Waals surface area contributed by atoms with E-state index in [1.807, 2.05) is 31.2 Å². The number of hydrogen-bond acceptors (Lipinski definition) is 2. The van der Waals surface area contributed by atoms with Crippen LogP contribution in [-0.4, -0.2) is 23.3 Å². The summed E-state index contributed by atoms with van der Waals surface area (Å²) in [5.41, 5.74) is 2.89. The molecule has 1 fully saturated rings. The van der Waals surface area contributed by atoms with E-state index in [0.717, 1.165) is 11.1 Å². The van der Waals surface area contributed by atoms with E-state index < -0.39 is 11.7 Å². The van der Waals surface area contributed by atoms with Crippen LogP contribution in [0.5, 0.6) is 0 Å². The van der Waals surface area contributed by atoms with Crippen molar-refractivity contribution in [1.29, 1.82) is 0 Å². The van der Waals surface area contributed by atoms with Crippen LogP contribution in [0.2, 0.25) is 0 Å². The Morgan fingerprint density at radius 1 is 0.970 bits per heavy atom. The zero-order valence-electron chi connectivity index (χ0n) is 18.4. The maximum Gasteiger partial charge on any atom is 0.254 e. The number of carbonyl (C=O) groups excluding carboxylic acids is 2. The van der Waals surface area contributed by atoms with Gasteiger partial charge in [0.05, 0.1) is 12.0 Å². The van der Waals surface area contributed by atoms with E-state index in [1.54, 1.807) is 23.1 Å². The van der Waals surface area contributed by atoms with Gasteiger partial charge >= 0.3 is 0 Å². The molecule has 6 heteroatoms. The average molecular weight is 449 g/mol. The van der Waals surface area contributed by atoms with Crippen molar-refractivity contribution < 1.29 is 18.4 Å². The Morgan fingerprint density at radius 2 is 1.73 bits per heavy atom. The highest BCUT2D eigenvalue weighted by atomic mass is 19.1. The van der Waals surface area contributed by atoms with Gasteiger partial charge in [0, 0.05) is 24.2 Å². The minimum absolute atomic E-state index is 0.0925. The molecule has 0 bridgehead atoms. The Hall–Kier alpha value is -3.54. The second-order valence-electron chi connectivity index (χ2n) is 8.48. The van der Waals surface area contributed by atoms with Gasteiger partial charge in [-0.05, 0) is 55.7 Å². The van der Waals surface area contributed by atoms with Crippen LogP contribution in [0.1, 0.15) is 45.9 Å². The van der Waals surface area contributed by atoms with Crippen molar-refractivity contribution in [2.45, 2.75) is 32.4 Å². The van der Waals surface area contributed by atoms with Crippen molar-refractivity contribution in [2.75, 3.05) is 6.54 Å². The molecule has 170 valence electrons. The Balaban J connectivity index is 1.54. The van der Waals surface area contributed by atoms with Gasteiger partial charge in [-0.25, -0.2) is 8.78 Å². The summed E-state index contributed by atoms with van der Waals surface area (Å²) in [4.78, 5) is 28.0. The third-order valence-electron chi connectivity index (χ3n) is 6.14. The van der Waals surface area contributed by atoms with Crippen molar-refractivity contribution in [3.63, 3.8) is 0 Å². The van der Waals surface area contributed by atoms with E-state index >= 15 is 0 Å². The molecular weight excluding hydrogens is 422 g/mol. The molecular formula is C27H26F2N2O2. The van der Waals surface area contributed by atoms with Gasteiger partial charge in [0.15, 0.2) is 0 Å². The number of carbonyl (C=O) groups is 2. The molecule has 33 heavy (non-hydrogen) atoms. The minimum atomic E-state index is -0.415. The number of halogens is 2. The minimum Gasteiger partial charge on any atom is -0.352 e. The van der Waals surface area contributed by atoms with Gasteiger partial charge in [0.25, 0.3) is 5.91 Å². The molecule has 1 N–H and O–H groups in total. The Labute approximate surface area is 192 Å². The number of piperidine rings is 1. The van der Waals surface area contributed by atoms with Crippen LogP contribution in [0, 0.1) is 24.5 Å². The molecule has 0 saturated carbocycles. The second kappa shape index (κ2) is 9.94. The predicted octanol–water partition coefficient (Wildman–Crippen LogP) is 5.18. The summed E-state index contributed by atoms with van der Waals surface area (Å²) in [6.07, 6.45) is 1.23. The molecule has 2 amide bonds. The van der Waals surface area contributed by atoms with Crippen molar-refractivity contribution in [2.24, 2.45) is 5.92 Å². The molecule has 1 saturated heterocycles. The molecule has 0 radical (unpaired) electrons. The summed E-state index contributed by atoms with van der Waals surface area (Å²) in [5.74, 6) is -1.65. The molecule has 1 aliphatic heterocycles. The smallest absolute Gasteiger partial charge is 0.254 e. The lowest BCUT2D eigenvalue weighted by atomic mass is 9.87. The molecule has 0 aliphatic carbocycles. The highest BCUT2D eigenvalue weighted by Crippen LogP contribution is 2.35. The fraction of sp³-hybridized carbons (Fsp3) is 0.259.